The van der Waals surface area contributed by atoms with Crippen molar-refractivity contribution < 1.29 is 5.11 Å². The fraction of sp³-hybridized carbons (Fsp3) is 1.00. The molecule has 0 aliphatic heterocycles. The maximum atomic E-state index is 10.0. The average molecular weight is 495 g/mol. The molecule has 0 amide bonds. The van der Waals surface area contributed by atoms with Crippen molar-refractivity contribution in [3.05, 3.63) is 0 Å². The van der Waals surface area contributed by atoms with Crippen LogP contribution < -0.4 is 0 Å². The molecule has 0 bridgehead atoms. The zero-order chi connectivity index (χ0) is 9.62. The third-order valence-electron chi connectivity index (χ3n) is 1.94. The van der Waals surface area contributed by atoms with Crippen LogP contribution in [0.4, 0.5) is 0 Å². The van der Waals surface area contributed by atoms with E-state index in [2.05, 4.69) is 79.6 Å². The Morgan fingerprint density at radius 1 is 0.917 bits per heavy atom. The molecule has 0 aromatic rings. The first kappa shape index (κ1) is 12.4. The molecule has 1 fully saturated rings. The summed E-state index contributed by atoms with van der Waals surface area (Å²) in [6.45, 7) is 0. The van der Waals surface area contributed by atoms with E-state index in [0.717, 1.165) is 12.8 Å². The summed E-state index contributed by atoms with van der Waals surface area (Å²) < 4.78 is -1.87. The Labute approximate surface area is 114 Å². The number of halogens is 5. The minimum Gasteiger partial charge on any atom is -0.376 e. The van der Waals surface area contributed by atoms with E-state index in [1.165, 1.54) is 0 Å². The summed E-state index contributed by atoms with van der Waals surface area (Å²) in [7, 11) is 0. The highest BCUT2D eigenvalue weighted by atomic mass is 79.9. The van der Waals surface area contributed by atoms with E-state index in [-0.39, 0.29) is 3.23 Å². The predicted molar refractivity (Wildman–Crippen MR) is 68.9 cm³/mol. The molecule has 1 rings (SSSR count). The molecular weight excluding hydrogens is 488 g/mol. The molecule has 12 heavy (non-hydrogen) atoms. The lowest BCUT2D eigenvalue weighted by molar-refractivity contribution is 0.102. The van der Waals surface area contributed by atoms with Crippen molar-refractivity contribution in [3.8, 4) is 0 Å². The highest BCUT2D eigenvalue weighted by molar-refractivity contribution is 9.31. The Balaban J connectivity index is 2.99. The SMILES string of the molecule is OC1(Br)CCCC(Br)(Br)C1(Br)Br. The van der Waals surface area contributed by atoms with Crippen LogP contribution in [0.15, 0.2) is 0 Å². The second kappa shape index (κ2) is 3.74. The molecule has 1 atom stereocenters. The van der Waals surface area contributed by atoms with E-state index in [1.54, 1.807) is 0 Å². The summed E-state index contributed by atoms with van der Waals surface area (Å²) in [6, 6.07) is 0. The molecule has 0 heterocycles. The number of rotatable bonds is 0. The summed E-state index contributed by atoms with van der Waals surface area (Å²) in [5.41, 5.74) is 0. The summed E-state index contributed by atoms with van der Waals surface area (Å²) in [5.74, 6) is 0. The fourth-order valence-electron chi connectivity index (χ4n) is 1.14. The van der Waals surface area contributed by atoms with Crippen molar-refractivity contribution in [2.75, 3.05) is 0 Å². The summed E-state index contributed by atoms with van der Waals surface area (Å²) in [6.07, 6.45) is 2.61. The highest BCUT2D eigenvalue weighted by Gasteiger charge is 2.59. The Kier molecular flexibility index (Phi) is 3.87. The van der Waals surface area contributed by atoms with Crippen LogP contribution in [0.2, 0.25) is 0 Å². The van der Waals surface area contributed by atoms with Crippen LogP contribution in [0.3, 0.4) is 0 Å². The fourth-order valence-corrected chi connectivity index (χ4v) is 4.30. The lowest BCUT2D eigenvalue weighted by Crippen LogP contribution is -2.54. The minimum absolute atomic E-state index is 0.330. The molecule has 1 unspecified atom stereocenters. The standard InChI is InChI=1S/C6H7Br5O/c7-4(8)2-1-3-5(9,12)6(4,10)11/h12H,1-3H2. The minimum atomic E-state index is -0.939. The zero-order valence-electron chi connectivity index (χ0n) is 5.96. The van der Waals surface area contributed by atoms with Crippen LogP contribution in [-0.2, 0) is 0 Å². The molecule has 72 valence electrons. The first-order chi connectivity index (χ1) is 5.21. The van der Waals surface area contributed by atoms with Gasteiger partial charge in [0.1, 0.15) is 11.0 Å². The topological polar surface area (TPSA) is 20.2 Å². The molecule has 6 heteroatoms. The first-order valence-electron chi connectivity index (χ1n) is 3.38. The van der Waals surface area contributed by atoms with Gasteiger partial charge in [0.2, 0.25) is 0 Å². The normalized spacial score (nSPS) is 39.5. The Bertz CT molecular complexity index is 170. The molecule has 1 aliphatic rings. The van der Waals surface area contributed by atoms with Gasteiger partial charge in [0, 0.05) is 0 Å². The zero-order valence-corrected chi connectivity index (χ0v) is 13.9. The number of alkyl halides is 5. The number of hydrogen-bond donors (Lipinski definition) is 1. The second-order valence-electron chi connectivity index (χ2n) is 2.89. The Hall–Kier alpha value is 2.36. The van der Waals surface area contributed by atoms with Crippen LogP contribution in [0.25, 0.3) is 0 Å². The predicted octanol–water partition coefficient (Wildman–Crippen LogP) is 4.23. The largest absolute Gasteiger partial charge is 0.376 e. The highest BCUT2D eigenvalue weighted by Crippen LogP contribution is 2.62. The van der Waals surface area contributed by atoms with Crippen molar-refractivity contribution in [2.24, 2.45) is 0 Å². The molecule has 1 saturated carbocycles. The Morgan fingerprint density at radius 3 is 1.75 bits per heavy atom. The smallest absolute Gasteiger partial charge is 0.146 e. The maximum Gasteiger partial charge on any atom is 0.146 e. The molecule has 0 spiro atoms. The van der Waals surface area contributed by atoms with Gasteiger partial charge in [-0.05, 0) is 19.3 Å². The van der Waals surface area contributed by atoms with Gasteiger partial charge in [-0.3, -0.25) is 0 Å². The lowest BCUT2D eigenvalue weighted by Gasteiger charge is -2.47. The summed E-state index contributed by atoms with van der Waals surface area (Å²) in [4.78, 5) is 0. The van der Waals surface area contributed by atoms with Crippen molar-refractivity contribution in [1.82, 2.24) is 0 Å². The van der Waals surface area contributed by atoms with Gasteiger partial charge in [-0.15, -0.1) is 0 Å². The second-order valence-corrected chi connectivity index (χ2v) is 11.4. The van der Waals surface area contributed by atoms with Gasteiger partial charge in [0.15, 0.2) is 0 Å². The molecule has 1 aliphatic carbocycles. The first-order valence-corrected chi connectivity index (χ1v) is 7.34. The van der Waals surface area contributed by atoms with E-state index in [4.69, 9.17) is 0 Å². The third-order valence-corrected chi connectivity index (χ3v) is 10.8. The molecule has 0 saturated heterocycles. The van der Waals surface area contributed by atoms with Gasteiger partial charge < -0.3 is 5.11 Å². The van der Waals surface area contributed by atoms with Crippen molar-refractivity contribution in [2.45, 2.75) is 30.2 Å². The van der Waals surface area contributed by atoms with Gasteiger partial charge in [0.05, 0.1) is 0 Å². The lowest BCUT2D eigenvalue weighted by atomic mass is 9.97. The summed E-state index contributed by atoms with van der Waals surface area (Å²) in [5, 5.41) is 10.0. The van der Waals surface area contributed by atoms with Gasteiger partial charge in [-0.1, -0.05) is 79.6 Å². The van der Waals surface area contributed by atoms with Gasteiger partial charge in [0.25, 0.3) is 0 Å². The van der Waals surface area contributed by atoms with Gasteiger partial charge in [-0.25, -0.2) is 0 Å². The maximum absolute atomic E-state index is 10.0. The van der Waals surface area contributed by atoms with Gasteiger partial charge in [-0.2, -0.15) is 0 Å². The van der Waals surface area contributed by atoms with Crippen LogP contribution in [0, 0.1) is 0 Å². The monoisotopic (exact) mass is 490 g/mol. The van der Waals surface area contributed by atoms with Crippen molar-refractivity contribution in [1.29, 1.82) is 0 Å². The molecule has 0 aromatic heterocycles. The number of hydrogen-bond acceptors (Lipinski definition) is 1. The van der Waals surface area contributed by atoms with Crippen LogP contribution in [0.1, 0.15) is 19.3 Å². The average Bonchev–Trinajstić information content (AvgIpc) is 1.83. The van der Waals surface area contributed by atoms with Crippen molar-refractivity contribution in [3.63, 3.8) is 0 Å². The van der Waals surface area contributed by atoms with E-state index in [9.17, 15) is 5.11 Å². The molecular formula is C6H7Br5O. The molecule has 1 N–H and O–H groups in total. The van der Waals surface area contributed by atoms with Crippen LogP contribution in [-0.4, -0.2) is 16.1 Å². The molecule has 0 aromatic carbocycles. The van der Waals surface area contributed by atoms with E-state index in [1.807, 2.05) is 0 Å². The van der Waals surface area contributed by atoms with Crippen LogP contribution in [0.5, 0.6) is 0 Å². The molecule has 1 nitrogen and oxygen atoms in total. The Morgan fingerprint density at radius 2 is 1.42 bits per heavy atom. The quantitative estimate of drug-likeness (QED) is 0.500. The van der Waals surface area contributed by atoms with E-state index >= 15 is 0 Å². The van der Waals surface area contributed by atoms with E-state index in [0.29, 0.717) is 6.42 Å². The van der Waals surface area contributed by atoms with Gasteiger partial charge >= 0.3 is 0 Å². The third kappa shape index (κ3) is 1.98. The molecule has 0 radical (unpaired) electrons. The number of aliphatic hydroxyl groups is 1. The summed E-state index contributed by atoms with van der Waals surface area (Å²) >= 11 is 17.3. The van der Waals surface area contributed by atoms with Crippen LogP contribution >= 0.6 is 79.6 Å². The van der Waals surface area contributed by atoms with E-state index < -0.39 is 7.74 Å². The van der Waals surface area contributed by atoms with Crippen molar-refractivity contribution >= 4 is 79.6 Å².